The maximum atomic E-state index is 14.0. The average molecular weight is 414 g/mol. The third-order valence-corrected chi connectivity index (χ3v) is 5.43. The van der Waals surface area contributed by atoms with Gasteiger partial charge in [-0.2, -0.15) is 0 Å². The standard InChI is InChI=1S/C23H32FN5O/c1-3-25-23(26-13-6-7-14-29-19(2)9-8-12-22(29)30)28-17-15-27(16-18-28)21-11-5-4-10-20(21)24/h4-5,8-12H,3,6-7,13-18H2,1-2H3,(H,25,26). The Kier molecular flexibility index (Phi) is 7.88. The number of guanidine groups is 1. The highest BCUT2D eigenvalue weighted by Crippen LogP contribution is 2.20. The zero-order chi connectivity index (χ0) is 21.3. The van der Waals surface area contributed by atoms with Gasteiger partial charge in [0.25, 0.3) is 5.56 Å². The van der Waals surface area contributed by atoms with Crippen molar-refractivity contribution < 1.29 is 4.39 Å². The molecule has 2 aromatic rings. The minimum Gasteiger partial charge on any atom is -0.366 e. The highest BCUT2D eigenvalue weighted by atomic mass is 19.1. The Labute approximate surface area is 178 Å². The van der Waals surface area contributed by atoms with Crippen molar-refractivity contribution in [2.45, 2.75) is 33.2 Å². The van der Waals surface area contributed by atoms with E-state index < -0.39 is 0 Å². The number of rotatable bonds is 7. The molecule has 162 valence electrons. The Bertz CT molecular complexity index is 902. The Morgan fingerprint density at radius 1 is 1.07 bits per heavy atom. The van der Waals surface area contributed by atoms with E-state index in [2.05, 4.69) is 22.0 Å². The molecule has 1 fully saturated rings. The Morgan fingerprint density at radius 2 is 1.83 bits per heavy atom. The number of piperazine rings is 1. The molecule has 1 aliphatic heterocycles. The predicted octanol–water partition coefficient (Wildman–Crippen LogP) is 2.86. The van der Waals surface area contributed by atoms with Crippen LogP contribution in [-0.4, -0.2) is 54.7 Å². The van der Waals surface area contributed by atoms with E-state index in [4.69, 9.17) is 4.99 Å². The van der Waals surface area contributed by atoms with Gasteiger partial charge in [0.05, 0.1) is 5.69 Å². The van der Waals surface area contributed by atoms with Gasteiger partial charge in [-0.1, -0.05) is 18.2 Å². The molecule has 0 unspecified atom stereocenters. The van der Waals surface area contributed by atoms with Crippen LogP contribution in [0.4, 0.5) is 10.1 Å². The number of aryl methyl sites for hydroxylation is 1. The summed E-state index contributed by atoms with van der Waals surface area (Å²) in [7, 11) is 0. The summed E-state index contributed by atoms with van der Waals surface area (Å²) in [6.45, 7) is 9.42. The Balaban J connectivity index is 1.50. The molecule has 0 spiro atoms. The van der Waals surface area contributed by atoms with Crippen LogP contribution in [0.25, 0.3) is 0 Å². The van der Waals surface area contributed by atoms with Crippen molar-refractivity contribution >= 4 is 11.6 Å². The average Bonchev–Trinajstić information content (AvgIpc) is 2.75. The summed E-state index contributed by atoms with van der Waals surface area (Å²) < 4.78 is 15.9. The third kappa shape index (κ3) is 5.62. The number of pyridine rings is 1. The molecular weight excluding hydrogens is 381 g/mol. The van der Waals surface area contributed by atoms with Gasteiger partial charge < -0.3 is 19.7 Å². The topological polar surface area (TPSA) is 52.9 Å². The maximum Gasteiger partial charge on any atom is 0.250 e. The fraction of sp³-hybridized carbons (Fsp3) is 0.478. The quantitative estimate of drug-likeness (QED) is 0.431. The fourth-order valence-corrected chi connectivity index (χ4v) is 3.77. The summed E-state index contributed by atoms with van der Waals surface area (Å²) in [6, 6.07) is 12.3. The second-order valence-corrected chi connectivity index (χ2v) is 7.53. The molecule has 1 aliphatic rings. The highest BCUT2D eigenvalue weighted by Gasteiger charge is 2.21. The van der Waals surface area contributed by atoms with Crippen LogP contribution >= 0.6 is 0 Å². The van der Waals surface area contributed by atoms with E-state index in [-0.39, 0.29) is 11.4 Å². The minimum atomic E-state index is -0.167. The molecule has 1 aromatic carbocycles. The molecule has 0 amide bonds. The van der Waals surface area contributed by atoms with Gasteiger partial charge in [0.2, 0.25) is 0 Å². The first-order valence-corrected chi connectivity index (χ1v) is 10.8. The van der Waals surface area contributed by atoms with Gasteiger partial charge in [-0.05, 0) is 44.9 Å². The predicted molar refractivity (Wildman–Crippen MR) is 121 cm³/mol. The van der Waals surface area contributed by atoms with Crippen LogP contribution in [0.1, 0.15) is 25.5 Å². The van der Waals surface area contributed by atoms with Crippen molar-refractivity contribution in [2.75, 3.05) is 44.2 Å². The molecule has 0 atom stereocenters. The second-order valence-electron chi connectivity index (χ2n) is 7.53. The summed E-state index contributed by atoms with van der Waals surface area (Å²) in [4.78, 5) is 21.1. The number of hydrogen-bond donors (Lipinski definition) is 1. The van der Waals surface area contributed by atoms with Crippen LogP contribution in [-0.2, 0) is 6.54 Å². The van der Waals surface area contributed by atoms with Crippen molar-refractivity contribution in [3.63, 3.8) is 0 Å². The summed E-state index contributed by atoms with van der Waals surface area (Å²) in [6.07, 6.45) is 1.83. The van der Waals surface area contributed by atoms with Gasteiger partial charge in [-0.15, -0.1) is 0 Å². The van der Waals surface area contributed by atoms with Crippen molar-refractivity contribution in [3.05, 3.63) is 64.3 Å². The lowest BCUT2D eigenvalue weighted by Crippen LogP contribution is -2.52. The van der Waals surface area contributed by atoms with Gasteiger partial charge >= 0.3 is 0 Å². The van der Waals surface area contributed by atoms with Crippen LogP contribution in [0, 0.1) is 12.7 Å². The summed E-state index contributed by atoms with van der Waals surface area (Å²) in [5.41, 5.74) is 1.72. The van der Waals surface area contributed by atoms with E-state index in [1.807, 2.05) is 29.7 Å². The lowest BCUT2D eigenvalue weighted by molar-refractivity contribution is 0.370. The number of anilines is 1. The SMILES string of the molecule is CCNC(=NCCCCn1c(C)cccc1=O)N1CCN(c2ccccc2F)CC1. The molecule has 6 nitrogen and oxygen atoms in total. The van der Waals surface area contributed by atoms with Gasteiger partial charge in [0.1, 0.15) is 5.82 Å². The molecule has 0 radical (unpaired) electrons. The molecule has 7 heteroatoms. The van der Waals surface area contributed by atoms with Gasteiger partial charge in [-0.25, -0.2) is 4.39 Å². The lowest BCUT2D eigenvalue weighted by atomic mass is 10.2. The molecule has 0 saturated carbocycles. The minimum absolute atomic E-state index is 0.0552. The van der Waals surface area contributed by atoms with Gasteiger partial charge in [0.15, 0.2) is 5.96 Å². The smallest absolute Gasteiger partial charge is 0.250 e. The summed E-state index contributed by atoms with van der Waals surface area (Å²) in [5, 5.41) is 3.37. The first kappa shape index (κ1) is 21.9. The first-order chi connectivity index (χ1) is 14.6. The van der Waals surface area contributed by atoms with Crippen molar-refractivity contribution in [3.8, 4) is 0 Å². The maximum absolute atomic E-state index is 14.0. The number of aromatic nitrogens is 1. The van der Waals surface area contributed by atoms with E-state index in [0.717, 1.165) is 70.3 Å². The van der Waals surface area contributed by atoms with Gasteiger partial charge in [-0.3, -0.25) is 9.79 Å². The molecule has 1 aromatic heterocycles. The second kappa shape index (κ2) is 10.8. The van der Waals surface area contributed by atoms with Crippen LogP contribution in [0.15, 0.2) is 52.3 Å². The van der Waals surface area contributed by atoms with E-state index in [9.17, 15) is 9.18 Å². The van der Waals surface area contributed by atoms with Crippen LogP contribution in [0.5, 0.6) is 0 Å². The normalized spacial score (nSPS) is 14.8. The monoisotopic (exact) mass is 413 g/mol. The van der Waals surface area contributed by atoms with E-state index >= 15 is 0 Å². The summed E-state index contributed by atoms with van der Waals surface area (Å²) >= 11 is 0. The third-order valence-electron chi connectivity index (χ3n) is 5.43. The molecule has 1 N–H and O–H groups in total. The van der Waals surface area contributed by atoms with E-state index in [1.54, 1.807) is 18.2 Å². The number of benzene rings is 1. The largest absolute Gasteiger partial charge is 0.366 e. The number of nitrogens with zero attached hydrogens (tertiary/aromatic N) is 4. The van der Waals surface area contributed by atoms with Crippen molar-refractivity contribution in [1.29, 1.82) is 0 Å². The molecule has 1 saturated heterocycles. The number of aliphatic imine (C=N–C) groups is 1. The van der Waals surface area contributed by atoms with E-state index in [1.165, 1.54) is 6.07 Å². The van der Waals surface area contributed by atoms with Crippen molar-refractivity contribution in [1.82, 2.24) is 14.8 Å². The first-order valence-electron chi connectivity index (χ1n) is 10.8. The molecule has 2 heterocycles. The molecular formula is C23H32FN5O. The Morgan fingerprint density at radius 3 is 2.53 bits per heavy atom. The highest BCUT2D eigenvalue weighted by molar-refractivity contribution is 5.80. The number of unbranched alkanes of at least 4 members (excludes halogenated alkanes) is 1. The molecule has 30 heavy (non-hydrogen) atoms. The number of para-hydroxylation sites is 1. The zero-order valence-corrected chi connectivity index (χ0v) is 18.0. The number of halogens is 1. The zero-order valence-electron chi connectivity index (χ0n) is 18.0. The number of nitrogens with one attached hydrogen (secondary N) is 1. The van der Waals surface area contributed by atoms with Crippen molar-refractivity contribution in [2.24, 2.45) is 4.99 Å². The van der Waals surface area contributed by atoms with Gasteiger partial charge in [0, 0.05) is 57.6 Å². The molecule has 0 aliphatic carbocycles. The van der Waals surface area contributed by atoms with Crippen LogP contribution in [0.3, 0.4) is 0 Å². The lowest BCUT2D eigenvalue weighted by Gasteiger charge is -2.37. The van der Waals surface area contributed by atoms with Crippen LogP contribution in [0.2, 0.25) is 0 Å². The molecule has 3 rings (SSSR count). The van der Waals surface area contributed by atoms with Crippen LogP contribution < -0.4 is 15.8 Å². The van der Waals surface area contributed by atoms with E-state index in [0.29, 0.717) is 5.69 Å². The fourth-order valence-electron chi connectivity index (χ4n) is 3.77. The Hall–Kier alpha value is -2.83. The number of hydrogen-bond acceptors (Lipinski definition) is 3. The molecule has 0 bridgehead atoms. The summed E-state index contributed by atoms with van der Waals surface area (Å²) in [5.74, 6) is 0.748.